The van der Waals surface area contributed by atoms with E-state index in [1.807, 2.05) is 0 Å². The van der Waals surface area contributed by atoms with Crippen molar-refractivity contribution in [3.8, 4) is 0 Å². The van der Waals surface area contributed by atoms with Crippen molar-refractivity contribution in [3.63, 3.8) is 0 Å². The van der Waals surface area contributed by atoms with Crippen molar-refractivity contribution in [2.75, 3.05) is 14.2 Å². The number of carbonyl (C=O) groups excluding carboxylic acids is 1. The molecule has 0 bridgehead atoms. The average molecular weight is 188 g/mol. The fourth-order valence-electron chi connectivity index (χ4n) is 1.79. The third-order valence-electron chi connectivity index (χ3n) is 2.57. The van der Waals surface area contributed by atoms with E-state index in [1.165, 1.54) is 7.11 Å². The van der Waals surface area contributed by atoms with Gasteiger partial charge in [-0.1, -0.05) is 0 Å². The van der Waals surface area contributed by atoms with Crippen LogP contribution in [0.3, 0.4) is 0 Å². The molecule has 0 amide bonds. The van der Waals surface area contributed by atoms with E-state index in [0.717, 1.165) is 0 Å². The molecule has 0 aromatic rings. The van der Waals surface area contributed by atoms with Gasteiger partial charge in [0.05, 0.1) is 25.2 Å². The Bertz CT molecular complexity index is 180. The van der Waals surface area contributed by atoms with Crippen LogP contribution in [0, 0.1) is 5.92 Å². The summed E-state index contributed by atoms with van der Waals surface area (Å²) in [6, 6.07) is 0. The molecule has 3 atom stereocenters. The van der Waals surface area contributed by atoms with Gasteiger partial charge in [-0.25, -0.2) is 0 Å². The molecule has 13 heavy (non-hydrogen) atoms. The molecular weight excluding hydrogens is 172 g/mol. The van der Waals surface area contributed by atoms with E-state index >= 15 is 0 Å². The first kappa shape index (κ1) is 10.5. The summed E-state index contributed by atoms with van der Waals surface area (Å²) in [5.74, 6) is -0.447. The Kier molecular flexibility index (Phi) is 3.69. The van der Waals surface area contributed by atoms with E-state index < -0.39 is 0 Å². The monoisotopic (exact) mass is 188 g/mol. The van der Waals surface area contributed by atoms with Crippen molar-refractivity contribution in [1.29, 1.82) is 0 Å². The molecule has 1 saturated carbocycles. The maximum Gasteiger partial charge on any atom is 0.311 e. The third kappa shape index (κ3) is 2.42. The highest BCUT2D eigenvalue weighted by atomic mass is 16.5. The summed E-state index contributed by atoms with van der Waals surface area (Å²) < 4.78 is 9.79. The van der Waals surface area contributed by atoms with E-state index in [0.29, 0.717) is 19.3 Å². The minimum atomic E-state index is -0.342. The summed E-state index contributed by atoms with van der Waals surface area (Å²) in [5, 5.41) is 9.35. The lowest BCUT2D eigenvalue weighted by atomic mass is 9.85. The number of esters is 1. The quantitative estimate of drug-likeness (QED) is 0.635. The minimum Gasteiger partial charge on any atom is -0.469 e. The second kappa shape index (κ2) is 4.58. The molecule has 1 aliphatic carbocycles. The topological polar surface area (TPSA) is 55.8 Å². The summed E-state index contributed by atoms with van der Waals surface area (Å²) >= 11 is 0. The van der Waals surface area contributed by atoms with E-state index in [2.05, 4.69) is 4.74 Å². The molecule has 0 aromatic heterocycles. The van der Waals surface area contributed by atoms with E-state index in [-0.39, 0.29) is 24.1 Å². The highest BCUT2D eigenvalue weighted by Crippen LogP contribution is 2.27. The lowest BCUT2D eigenvalue weighted by Crippen LogP contribution is -2.38. The van der Waals surface area contributed by atoms with Gasteiger partial charge in [0.15, 0.2) is 0 Å². The van der Waals surface area contributed by atoms with Gasteiger partial charge in [-0.05, 0) is 12.8 Å². The number of aliphatic hydroxyl groups is 1. The van der Waals surface area contributed by atoms with Crippen LogP contribution in [-0.4, -0.2) is 37.5 Å². The molecule has 1 fully saturated rings. The predicted octanol–water partition coefficient (Wildman–Crippen LogP) is 0.335. The Hall–Kier alpha value is -0.610. The molecular formula is C9H16O4. The fourth-order valence-corrected chi connectivity index (χ4v) is 1.79. The van der Waals surface area contributed by atoms with E-state index in [4.69, 9.17) is 4.74 Å². The van der Waals surface area contributed by atoms with Gasteiger partial charge in [0, 0.05) is 13.5 Å². The van der Waals surface area contributed by atoms with Crippen LogP contribution in [0.25, 0.3) is 0 Å². The molecule has 1 rings (SSSR count). The van der Waals surface area contributed by atoms with Crippen LogP contribution >= 0.6 is 0 Å². The van der Waals surface area contributed by atoms with Gasteiger partial charge in [0.1, 0.15) is 0 Å². The maximum atomic E-state index is 11.3. The molecule has 3 unspecified atom stereocenters. The number of hydrogen-bond donors (Lipinski definition) is 1. The van der Waals surface area contributed by atoms with Crippen molar-refractivity contribution in [2.45, 2.75) is 31.5 Å². The number of ether oxygens (including phenoxy) is 2. The van der Waals surface area contributed by atoms with Gasteiger partial charge in [0.2, 0.25) is 0 Å². The molecule has 0 spiro atoms. The summed E-state index contributed by atoms with van der Waals surface area (Å²) in [4.78, 5) is 11.3. The Morgan fingerprint density at radius 2 is 2.08 bits per heavy atom. The van der Waals surface area contributed by atoms with Crippen LogP contribution in [0.5, 0.6) is 0 Å². The lowest BCUT2D eigenvalue weighted by molar-refractivity contribution is -0.154. The molecule has 0 aliphatic heterocycles. The Morgan fingerprint density at radius 3 is 2.62 bits per heavy atom. The van der Waals surface area contributed by atoms with Crippen LogP contribution in [0.4, 0.5) is 0 Å². The first-order chi connectivity index (χ1) is 6.19. The number of hydrogen-bond acceptors (Lipinski definition) is 4. The number of carbonyl (C=O) groups is 1. The zero-order chi connectivity index (χ0) is 9.84. The van der Waals surface area contributed by atoms with Crippen LogP contribution in [-0.2, 0) is 14.3 Å². The Morgan fingerprint density at radius 1 is 1.38 bits per heavy atom. The van der Waals surface area contributed by atoms with Crippen molar-refractivity contribution in [1.82, 2.24) is 0 Å². The average Bonchev–Trinajstić information content (AvgIpc) is 2.16. The largest absolute Gasteiger partial charge is 0.469 e. The zero-order valence-electron chi connectivity index (χ0n) is 8.03. The van der Waals surface area contributed by atoms with Gasteiger partial charge in [-0.3, -0.25) is 4.79 Å². The smallest absolute Gasteiger partial charge is 0.311 e. The van der Waals surface area contributed by atoms with E-state index in [9.17, 15) is 9.90 Å². The molecule has 4 nitrogen and oxygen atoms in total. The van der Waals surface area contributed by atoms with Crippen LogP contribution in [0.1, 0.15) is 19.3 Å². The lowest BCUT2D eigenvalue weighted by Gasteiger charge is -2.31. The highest BCUT2D eigenvalue weighted by Gasteiger charge is 2.35. The molecule has 0 heterocycles. The summed E-state index contributed by atoms with van der Waals surface area (Å²) in [7, 11) is 2.93. The predicted molar refractivity (Wildman–Crippen MR) is 46.2 cm³/mol. The van der Waals surface area contributed by atoms with Crippen molar-refractivity contribution >= 4 is 5.97 Å². The summed E-state index contributed by atoms with van der Waals surface area (Å²) in [6.45, 7) is 0. The molecule has 1 aliphatic rings. The normalized spacial score (nSPS) is 34.2. The number of aliphatic hydroxyl groups excluding tert-OH is 1. The highest BCUT2D eigenvalue weighted by molar-refractivity contribution is 5.73. The van der Waals surface area contributed by atoms with Crippen LogP contribution in [0.15, 0.2) is 0 Å². The first-order valence-electron chi connectivity index (χ1n) is 4.47. The van der Waals surface area contributed by atoms with Crippen molar-refractivity contribution < 1.29 is 19.4 Å². The SMILES string of the molecule is COC(=O)C1CCC(O)CC1OC. The van der Waals surface area contributed by atoms with Crippen molar-refractivity contribution in [3.05, 3.63) is 0 Å². The fraction of sp³-hybridized carbons (Fsp3) is 0.889. The Labute approximate surface area is 77.8 Å². The van der Waals surface area contributed by atoms with Gasteiger partial charge < -0.3 is 14.6 Å². The van der Waals surface area contributed by atoms with Gasteiger partial charge in [0.25, 0.3) is 0 Å². The summed E-state index contributed by atoms with van der Waals surface area (Å²) in [5.41, 5.74) is 0. The van der Waals surface area contributed by atoms with Gasteiger partial charge >= 0.3 is 5.97 Å². The molecule has 0 saturated heterocycles. The molecule has 1 N–H and O–H groups in total. The maximum absolute atomic E-state index is 11.3. The Balaban J connectivity index is 2.57. The number of rotatable bonds is 2. The standard InChI is InChI=1S/C9H16O4/c1-12-8-5-6(10)3-4-7(8)9(11)13-2/h6-8,10H,3-5H2,1-2H3. The van der Waals surface area contributed by atoms with Crippen LogP contribution in [0.2, 0.25) is 0 Å². The van der Waals surface area contributed by atoms with Crippen molar-refractivity contribution in [2.24, 2.45) is 5.92 Å². The number of methoxy groups -OCH3 is 2. The van der Waals surface area contributed by atoms with E-state index in [1.54, 1.807) is 7.11 Å². The minimum absolute atomic E-state index is 0.198. The molecule has 0 radical (unpaired) electrons. The third-order valence-corrected chi connectivity index (χ3v) is 2.57. The van der Waals surface area contributed by atoms with Gasteiger partial charge in [-0.2, -0.15) is 0 Å². The van der Waals surface area contributed by atoms with Crippen LogP contribution < -0.4 is 0 Å². The molecule has 4 heteroatoms. The summed E-state index contributed by atoms with van der Waals surface area (Å²) in [6.07, 6.45) is 1.28. The second-order valence-corrected chi connectivity index (χ2v) is 3.37. The van der Waals surface area contributed by atoms with Gasteiger partial charge in [-0.15, -0.1) is 0 Å². The first-order valence-corrected chi connectivity index (χ1v) is 4.47. The second-order valence-electron chi connectivity index (χ2n) is 3.37. The zero-order valence-corrected chi connectivity index (χ0v) is 8.03. The molecule has 76 valence electrons. The molecule has 0 aromatic carbocycles.